The molecule has 0 saturated carbocycles. The molecule has 2 heterocycles. The summed E-state index contributed by atoms with van der Waals surface area (Å²) in [7, 11) is 0. The predicted molar refractivity (Wildman–Crippen MR) is 63.1 cm³/mol. The largest absolute Gasteiger partial charge is 0.310 e. The van der Waals surface area contributed by atoms with Crippen LogP contribution in [0.5, 0.6) is 0 Å². The van der Waals surface area contributed by atoms with Crippen LogP contribution in [0, 0.1) is 0 Å². The van der Waals surface area contributed by atoms with Crippen LogP contribution >= 0.6 is 11.8 Å². The summed E-state index contributed by atoms with van der Waals surface area (Å²) in [6.07, 6.45) is 7.72. The Balaban J connectivity index is 2.02. The van der Waals surface area contributed by atoms with Crippen molar-refractivity contribution in [3.63, 3.8) is 0 Å². The molecule has 5 heteroatoms. The standard InChI is InChI=1S/C10H14N4S/c1-15-6-4-11-7-9-8-13-10-12-3-2-5-14(9)10/h2-3,5,8,11H,4,6-7H2,1H3. The average molecular weight is 222 g/mol. The smallest absolute Gasteiger partial charge is 0.233 e. The average Bonchev–Trinajstić information content (AvgIpc) is 2.68. The summed E-state index contributed by atoms with van der Waals surface area (Å²) in [6.45, 7) is 1.86. The normalized spacial score (nSPS) is 11.0. The molecule has 1 N–H and O–H groups in total. The van der Waals surface area contributed by atoms with E-state index in [4.69, 9.17) is 0 Å². The van der Waals surface area contributed by atoms with Gasteiger partial charge in [-0.05, 0) is 12.3 Å². The molecule has 0 fully saturated rings. The third-order valence-corrected chi connectivity index (χ3v) is 2.77. The number of thioether (sulfide) groups is 1. The highest BCUT2D eigenvalue weighted by Gasteiger charge is 2.01. The van der Waals surface area contributed by atoms with Crippen LogP contribution in [0.4, 0.5) is 0 Å². The predicted octanol–water partition coefficient (Wildman–Crippen LogP) is 1.18. The van der Waals surface area contributed by atoms with Gasteiger partial charge in [0.2, 0.25) is 5.78 Å². The number of imidazole rings is 1. The minimum absolute atomic E-state index is 0.763. The molecule has 0 bridgehead atoms. The lowest BCUT2D eigenvalue weighted by molar-refractivity contribution is 0.709. The number of fused-ring (bicyclic) bond motifs is 1. The Morgan fingerprint density at radius 1 is 1.47 bits per heavy atom. The second kappa shape index (κ2) is 5.14. The second-order valence-corrected chi connectivity index (χ2v) is 4.19. The minimum Gasteiger partial charge on any atom is -0.310 e. The highest BCUT2D eigenvalue weighted by Crippen LogP contribution is 2.02. The van der Waals surface area contributed by atoms with Crippen molar-refractivity contribution in [1.29, 1.82) is 0 Å². The molecule has 0 aromatic carbocycles. The van der Waals surface area contributed by atoms with Crippen molar-refractivity contribution in [2.75, 3.05) is 18.6 Å². The summed E-state index contributed by atoms with van der Waals surface area (Å²) in [4.78, 5) is 8.39. The molecule has 2 rings (SSSR count). The van der Waals surface area contributed by atoms with E-state index in [1.54, 1.807) is 6.20 Å². The van der Waals surface area contributed by atoms with E-state index in [2.05, 4.69) is 21.5 Å². The molecule has 2 aromatic rings. The van der Waals surface area contributed by atoms with Crippen LogP contribution in [-0.2, 0) is 6.54 Å². The molecule has 0 atom stereocenters. The van der Waals surface area contributed by atoms with Crippen molar-refractivity contribution in [1.82, 2.24) is 19.7 Å². The van der Waals surface area contributed by atoms with Gasteiger partial charge in [-0.2, -0.15) is 11.8 Å². The Labute approximate surface area is 93.1 Å². The Kier molecular flexibility index (Phi) is 3.58. The molecule has 15 heavy (non-hydrogen) atoms. The third kappa shape index (κ3) is 2.49. The maximum absolute atomic E-state index is 4.22. The van der Waals surface area contributed by atoms with E-state index in [1.807, 2.05) is 34.6 Å². The quantitative estimate of drug-likeness (QED) is 0.771. The molecule has 0 saturated heterocycles. The first kappa shape index (κ1) is 10.4. The van der Waals surface area contributed by atoms with Crippen LogP contribution in [0.3, 0.4) is 0 Å². The minimum atomic E-state index is 0.763. The first-order valence-corrected chi connectivity index (χ1v) is 6.28. The Hall–Kier alpha value is -1.07. The first-order valence-electron chi connectivity index (χ1n) is 4.88. The number of aromatic nitrogens is 3. The first-order chi connectivity index (χ1) is 7.42. The van der Waals surface area contributed by atoms with Gasteiger partial charge in [0.1, 0.15) is 0 Å². The summed E-state index contributed by atoms with van der Waals surface area (Å²) in [6, 6.07) is 1.92. The maximum atomic E-state index is 4.22. The van der Waals surface area contributed by atoms with Gasteiger partial charge < -0.3 is 5.32 Å². The number of nitrogens with one attached hydrogen (secondary N) is 1. The molecule has 80 valence electrons. The molecule has 0 unspecified atom stereocenters. The molecule has 0 amide bonds. The van der Waals surface area contributed by atoms with Crippen molar-refractivity contribution in [3.05, 3.63) is 30.4 Å². The van der Waals surface area contributed by atoms with Crippen LogP contribution < -0.4 is 5.32 Å². The van der Waals surface area contributed by atoms with Gasteiger partial charge in [-0.1, -0.05) is 0 Å². The summed E-state index contributed by atoms with van der Waals surface area (Å²) in [5.41, 5.74) is 1.15. The van der Waals surface area contributed by atoms with E-state index in [1.165, 1.54) is 0 Å². The second-order valence-electron chi connectivity index (χ2n) is 3.21. The van der Waals surface area contributed by atoms with Crippen LogP contribution in [-0.4, -0.2) is 32.9 Å². The molecular formula is C10H14N4S. The van der Waals surface area contributed by atoms with E-state index >= 15 is 0 Å². The summed E-state index contributed by atoms with van der Waals surface area (Å²) in [5, 5.41) is 3.37. The van der Waals surface area contributed by atoms with Gasteiger partial charge in [0.05, 0.1) is 11.9 Å². The van der Waals surface area contributed by atoms with E-state index in [0.717, 1.165) is 30.3 Å². The zero-order valence-corrected chi connectivity index (χ0v) is 9.50. The highest BCUT2D eigenvalue weighted by molar-refractivity contribution is 7.98. The fraction of sp³-hybridized carbons (Fsp3) is 0.400. The molecule has 0 aliphatic carbocycles. The van der Waals surface area contributed by atoms with E-state index in [0.29, 0.717) is 0 Å². The van der Waals surface area contributed by atoms with Crippen LogP contribution in [0.1, 0.15) is 5.69 Å². The Morgan fingerprint density at radius 3 is 3.27 bits per heavy atom. The lowest BCUT2D eigenvalue weighted by Crippen LogP contribution is -2.17. The molecular weight excluding hydrogens is 208 g/mol. The van der Waals surface area contributed by atoms with E-state index in [9.17, 15) is 0 Å². The summed E-state index contributed by atoms with van der Waals surface area (Å²) < 4.78 is 2.01. The number of rotatable bonds is 5. The van der Waals surface area contributed by atoms with Crippen molar-refractivity contribution < 1.29 is 0 Å². The van der Waals surface area contributed by atoms with Crippen molar-refractivity contribution in [3.8, 4) is 0 Å². The summed E-state index contributed by atoms with van der Waals surface area (Å²) in [5.74, 6) is 1.90. The molecule has 0 radical (unpaired) electrons. The molecule has 2 aromatic heterocycles. The highest BCUT2D eigenvalue weighted by atomic mass is 32.2. The topological polar surface area (TPSA) is 42.2 Å². The lowest BCUT2D eigenvalue weighted by Gasteiger charge is -2.02. The number of hydrogen-bond acceptors (Lipinski definition) is 4. The van der Waals surface area contributed by atoms with Crippen molar-refractivity contribution in [2.24, 2.45) is 0 Å². The zero-order chi connectivity index (χ0) is 10.5. The van der Waals surface area contributed by atoms with Gasteiger partial charge >= 0.3 is 0 Å². The SMILES string of the molecule is CSCCNCc1cnc2ncccn12. The van der Waals surface area contributed by atoms with Crippen LogP contribution in [0.15, 0.2) is 24.7 Å². The molecule has 0 spiro atoms. The Bertz CT molecular complexity index is 426. The number of hydrogen-bond donors (Lipinski definition) is 1. The third-order valence-electron chi connectivity index (χ3n) is 2.15. The fourth-order valence-electron chi connectivity index (χ4n) is 1.40. The summed E-state index contributed by atoms with van der Waals surface area (Å²) >= 11 is 1.85. The monoisotopic (exact) mass is 222 g/mol. The van der Waals surface area contributed by atoms with Gasteiger partial charge in [0, 0.05) is 31.2 Å². The molecule has 0 aliphatic rings. The lowest BCUT2D eigenvalue weighted by atomic mass is 10.4. The van der Waals surface area contributed by atoms with E-state index < -0.39 is 0 Å². The van der Waals surface area contributed by atoms with Crippen LogP contribution in [0.25, 0.3) is 5.78 Å². The molecule has 0 aliphatic heterocycles. The number of nitrogens with zero attached hydrogens (tertiary/aromatic N) is 3. The van der Waals surface area contributed by atoms with Gasteiger partial charge in [-0.15, -0.1) is 0 Å². The van der Waals surface area contributed by atoms with Crippen LogP contribution in [0.2, 0.25) is 0 Å². The van der Waals surface area contributed by atoms with Gasteiger partial charge in [0.15, 0.2) is 0 Å². The van der Waals surface area contributed by atoms with Crippen molar-refractivity contribution >= 4 is 17.5 Å². The van der Waals surface area contributed by atoms with Gasteiger partial charge in [0.25, 0.3) is 0 Å². The van der Waals surface area contributed by atoms with E-state index in [-0.39, 0.29) is 0 Å². The van der Waals surface area contributed by atoms with Gasteiger partial charge in [-0.3, -0.25) is 4.40 Å². The maximum Gasteiger partial charge on any atom is 0.233 e. The zero-order valence-electron chi connectivity index (χ0n) is 8.68. The molecule has 4 nitrogen and oxygen atoms in total. The van der Waals surface area contributed by atoms with Crippen molar-refractivity contribution in [2.45, 2.75) is 6.54 Å². The Morgan fingerprint density at radius 2 is 2.40 bits per heavy atom. The fourth-order valence-corrected chi connectivity index (χ4v) is 1.75. The van der Waals surface area contributed by atoms with Gasteiger partial charge in [-0.25, -0.2) is 9.97 Å².